The first-order chi connectivity index (χ1) is 8.61. The van der Waals surface area contributed by atoms with E-state index in [-0.39, 0.29) is 5.56 Å². The van der Waals surface area contributed by atoms with E-state index in [2.05, 4.69) is 4.74 Å². The van der Waals surface area contributed by atoms with Gasteiger partial charge in [-0.05, 0) is 12.1 Å². The highest BCUT2D eigenvalue weighted by Gasteiger charge is 2.22. The van der Waals surface area contributed by atoms with Gasteiger partial charge in [0.15, 0.2) is 6.29 Å². The molecule has 1 aromatic carbocycles. The minimum Gasteiger partial charge on any atom is -0.465 e. The molecule has 5 heteroatoms. The SMILES string of the molecule is COC(=O)c1ccc(C2OCC(C)CO2)cc1F. The normalized spacial score (nSPS) is 23.7. The fourth-order valence-electron chi connectivity index (χ4n) is 1.75. The molecule has 1 fully saturated rings. The van der Waals surface area contributed by atoms with Crippen LogP contribution >= 0.6 is 0 Å². The molecule has 1 heterocycles. The van der Waals surface area contributed by atoms with Crippen LogP contribution in [-0.4, -0.2) is 26.3 Å². The molecule has 0 amide bonds. The number of ether oxygens (including phenoxy) is 3. The van der Waals surface area contributed by atoms with Crippen LogP contribution < -0.4 is 0 Å². The van der Waals surface area contributed by atoms with Gasteiger partial charge in [0.2, 0.25) is 0 Å². The number of rotatable bonds is 2. The number of hydrogen-bond acceptors (Lipinski definition) is 4. The van der Waals surface area contributed by atoms with Gasteiger partial charge in [0.05, 0.1) is 25.9 Å². The van der Waals surface area contributed by atoms with E-state index in [1.165, 1.54) is 19.2 Å². The van der Waals surface area contributed by atoms with E-state index in [0.717, 1.165) is 0 Å². The molecule has 1 aromatic rings. The smallest absolute Gasteiger partial charge is 0.340 e. The Labute approximate surface area is 105 Å². The van der Waals surface area contributed by atoms with Gasteiger partial charge >= 0.3 is 5.97 Å². The molecule has 4 nitrogen and oxygen atoms in total. The van der Waals surface area contributed by atoms with Crippen LogP contribution in [0.5, 0.6) is 0 Å². The molecule has 0 N–H and O–H groups in total. The van der Waals surface area contributed by atoms with Crippen LogP contribution in [0.25, 0.3) is 0 Å². The van der Waals surface area contributed by atoms with Crippen molar-refractivity contribution >= 4 is 5.97 Å². The van der Waals surface area contributed by atoms with E-state index >= 15 is 0 Å². The van der Waals surface area contributed by atoms with Gasteiger partial charge in [0.25, 0.3) is 0 Å². The molecule has 98 valence electrons. The van der Waals surface area contributed by atoms with Crippen LogP contribution in [0.15, 0.2) is 18.2 Å². The van der Waals surface area contributed by atoms with Crippen molar-refractivity contribution in [3.63, 3.8) is 0 Å². The summed E-state index contributed by atoms with van der Waals surface area (Å²) in [5.41, 5.74) is 0.470. The summed E-state index contributed by atoms with van der Waals surface area (Å²) in [4.78, 5) is 11.2. The molecule has 18 heavy (non-hydrogen) atoms. The summed E-state index contributed by atoms with van der Waals surface area (Å²) in [6.45, 7) is 3.16. The molecule has 0 bridgehead atoms. The van der Waals surface area contributed by atoms with E-state index in [1.807, 2.05) is 6.92 Å². The zero-order valence-electron chi connectivity index (χ0n) is 10.3. The molecule has 0 unspecified atom stereocenters. The molecule has 1 aliphatic rings. The fraction of sp³-hybridized carbons (Fsp3) is 0.462. The van der Waals surface area contributed by atoms with E-state index in [9.17, 15) is 9.18 Å². The zero-order valence-corrected chi connectivity index (χ0v) is 10.3. The van der Waals surface area contributed by atoms with Gasteiger partial charge in [0, 0.05) is 11.5 Å². The fourth-order valence-corrected chi connectivity index (χ4v) is 1.75. The van der Waals surface area contributed by atoms with Gasteiger partial charge in [-0.25, -0.2) is 9.18 Å². The largest absolute Gasteiger partial charge is 0.465 e. The lowest BCUT2D eigenvalue weighted by Crippen LogP contribution is -2.25. The van der Waals surface area contributed by atoms with Gasteiger partial charge in [-0.3, -0.25) is 0 Å². The summed E-state index contributed by atoms with van der Waals surface area (Å²) in [6.07, 6.45) is -0.567. The van der Waals surface area contributed by atoms with E-state index < -0.39 is 18.1 Å². The molecular formula is C13H15FO4. The summed E-state index contributed by atoms with van der Waals surface area (Å²) in [6, 6.07) is 4.23. The second-order valence-corrected chi connectivity index (χ2v) is 4.33. The first-order valence-electron chi connectivity index (χ1n) is 5.72. The minimum atomic E-state index is -0.696. The maximum atomic E-state index is 13.7. The molecule has 0 spiro atoms. The maximum Gasteiger partial charge on any atom is 0.340 e. The van der Waals surface area contributed by atoms with E-state index in [0.29, 0.717) is 24.7 Å². The average molecular weight is 254 g/mol. The minimum absolute atomic E-state index is 0.0922. The van der Waals surface area contributed by atoms with Gasteiger partial charge in [-0.1, -0.05) is 13.0 Å². The summed E-state index contributed by atoms with van der Waals surface area (Å²) in [7, 11) is 1.21. The molecule has 0 aliphatic carbocycles. The Bertz CT molecular complexity index is 439. The van der Waals surface area contributed by atoms with Gasteiger partial charge in [-0.2, -0.15) is 0 Å². The molecule has 1 aliphatic heterocycles. The lowest BCUT2D eigenvalue weighted by molar-refractivity contribution is -0.202. The van der Waals surface area contributed by atoms with Crippen molar-refractivity contribution < 1.29 is 23.4 Å². The molecule has 1 saturated heterocycles. The summed E-state index contributed by atoms with van der Waals surface area (Å²) < 4.78 is 29.1. The maximum absolute atomic E-state index is 13.7. The van der Waals surface area contributed by atoms with Crippen molar-refractivity contribution in [2.75, 3.05) is 20.3 Å². The van der Waals surface area contributed by atoms with Crippen molar-refractivity contribution in [3.05, 3.63) is 35.1 Å². The molecule has 0 atom stereocenters. The Hall–Kier alpha value is -1.46. The first-order valence-corrected chi connectivity index (χ1v) is 5.72. The van der Waals surface area contributed by atoms with Crippen molar-refractivity contribution in [2.45, 2.75) is 13.2 Å². The Morgan fingerprint density at radius 1 is 1.39 bits per heavy atom. The van der Waals surface area contributed by atoms with Crippen molar-refractivity contribution in [2.24, 2.45) is 5.92 Å². The highest BCUT2D eigenvalue weighted by atomic mass is 19.1. The van der Waals surface area contributed by atoms with Crippen LogP contribution in [0.4, 0.5) is 4.39 Å². The zero-order chi connectivity index (χ0) is 13.1. The summed E-state index contributed by atoms with van der Waals surface area (Å²) in [5, 5.41) is 0. The predicted molar refractivity (Wildman–Crippen MR) is 61.5 cm³/mol. The van der Waals surface area contributed by atoms with Crippen LogP contribution in [0.2, 0.25) is 0 Å². The standard InChI is InChI=1S/C13H15FO4/c1-8-6-17-13(18-7-8)9-3-4-10(11(14)5-9)12(15)16-2/h3-5,8,13H,6-7H2,1-2H3. The van der Waals surface area contributed by atoms with Gasteiger partial charge < -0.3 is 14.2 Å². The second-order valence-electron chi connectivity index (χ2n) is 4.33. The molecule has 0 radical (unpaired) electrons. The number of hydrogen-bond donors (Lipinski definition) is 0. The van der Waals surface area contributed by atoms with Crippen LogP contribution in [-0.2, 0) is 14.2 Å². The third-order valence-corrected chi connectivity index (χ3v) is 2.73. The Kier molecular flexibility index (Phi) is 3.93. The summed E-state index contributed by atoms with van der Waals surface area (Å²) in [5.74, 6) is -0.997. The predicted octanol–water partition coefficient (Wildman–Crippen LogP) is 2.29. The highest BCUT2D eigenvalue weighted by Crippen LogP contribution is 2.26. The Morgan fingerprint density at radius 3 is 2.61 bits per heavy atom. The van der Waals surface area contributed by atoms with E-state index in [4.69, 9.17) is 9.47 Å². The lowest BCUT2D eigenvalue weighted by Gasteiger charge is -2.27. The molecule has 0 aromatic heterocycles. The molecule has 0 saturated carbocycles. The summed E-state index contributed by atoms with van der Waals surface area (Å²) >= 11 is 0. The number of carbonyl (C=O) groups is 1. The van der Waals surface area contributed by atoms with Crippen LogP contribution in [0.3, 0.4) is 0 Å². The lowest BCUT2D eigenvalue weighted by atomic mass is 10.1. The van der Waals surface area contributed by atoms with E-state index in [1.54, 1.807) is 6.07 Å². The topological polar surface area (TPSA) is 44.8 Å². The van der Waals surface area contributed by atoms with Gasteiger partial charge in [-0.15, -0.1) is 0 Å². The number of halogens is 1. The number of esters is 1. The van der Waals surface area contributed by atoms with Crippen molar-refractivity contribution in [1.82, 2.24) is 0 Å². The van der Waals surface area contributed by atoms with Gasteiger partial charge in [0.1, 0.15) is 5.82 Å². The second kappa shape index (κ2) is 5.46. The van der Waals surface area contributed by atoms with Crippen LogP contribution in [0.1, 0.15) is 29.1 Å². The monoisotopic (exact) mass is 254 g/mol. The Balaban J connectivity index is 2.16. The highest BCUT2D eigenvalue weighted by molar-refractivity contribution is 5.89. The van der Waals surface area contributed by atoms with Crippen molar-refractivity contribution in [1.29, 1.82) is 0 Å². The first kappa shape index (κ1) is 13.0. The quantitative estimate of drug-likeness (QED) is 0.760. The third-order valence-electron chi connectivity index (χ3n) is 2.73. The van der Waals surface area contributed by atoms with Crippen LogP contribution in [0, 0.1) is 11.7 Å². The Morgan fingerprint density at radius 2 is 2.06 bits per heavy atom. The number of benzene rings is 1. The molecule has 2 rings (SSSR count). The number of carbonyl (C=O) groups excluding carboxylic acids is 1. The average Bonchev–Trinajstić information content (AvgIpc) is 2.38. The van der Waals surface area contributed by atoms with Crippen molar-refractivity contribution in [3.8, 4) is 0 Å². The number of methoxy groups -OCH3 is 1. The third kappa shape index (κ3) is 2.68. The molecular weight excluding hydrogens is 239 g/mol.